The number of amides is 2. The molecule has 3 aliphatic heterocycles. The van der Waals surface area contributed by atoms with Crippen LogP contribution in [0.25, 0.3) is 0 Å². The summed E-state index contributed by atoms with van der Waals surface area (Å²) in [6.07, 6.45) is 3.58. The minimum Gasteiger partial charge on any atom is -0.380 e. The predicted molar refractivity (Wildman–Crippen MR) is 129 cm³/mol. The monoisotopic (exact) mass is 525 g/mol. The number of benzene rings is 1. The molecule has 4 fully saturated rings. The Morgan fingerprint density at radius 3 is 2.53 bits per heavy atom. The Morgan fingerprint density at radius 1 is 1.19 bits per heavy atom. The van der Waals surface area contributed by atoms with E-state index in [0.717, 1.165) is 38.5 Å². The number of halogens is 3. The third-order valence-corrected chi connectivity index (χ3v) is 8.70. The summed E-state index contributed by atoms with van der Waals surface area (Å²) in [6, 6.07) is 3.57. The van der Waals surface area contributed by atoms with E-state index in [1.54, 1.807) is 13.2 Å². The quantitative estimate of drug-likeness (QED) is 0.638. The van der Waals surface area contributed by atoms with Crippen LogP contribution in [-0.4, -0.2) is 78.5 Å². The fraction of sp³-hybridized carbons (Fsp3) is 0.692. The number of piperazine rings is 1. The number of hydrogen-bond acceptors (Lipinski definition) is 5. The van der Waals surface area contributed by atoms with E-state index in [-0.39, 0.29) is 48.4 Å². The normalized spacial score (nSPS) is 31.4. The van der Waals surface area contributed by atoms with Gasteiger partial charge in [0.05, 0.1) is 24.3 Å². The maximum Gasteiger partial charge on any atom is 0.247 e. The molecule has 1 saturated carbocycles. The minimum atomic E-state index is -1.37. The third kappa shape index (κ3) is 4.75. The molecule has 1 spiro atoms. The predicted octanol–water partition coefficient (Wildman–Crippen LogP) is 3.43. The van der Waals surface area contributed by atoms with Crippen LogP contribution in [0.3, 0.4) is 0 Å². The smallest absolute Gasteiger partial charge is 0.247 e. The van der Waals surface area contributed by atoms with Crippen molar-refractivity contribution in [3.63, 3.8) is 0 Å². The van der Waals surface area contributed by atoms with Crippen LogP contribution in [0.2, 0.25) is 5.02 Å². The Hall–Kier alpha value is -1.81. The Bertz CT molecular complexity index is 986. The molecule has 1 aliphatic carbocycles. The number of carbonyl (C=O) groups is 2. The number of alkyl halides is 1. The second-order valence-electron chi connectivity index (χ2n) is 10.6. The summed E-state index contributed by atoms with van der Waals surface area (Å²) in [7, 11) is 1.62. The molecule has 5 rings (SSSR count). The maximum absolute atomic E-state index is 15.6. The number of methoxy groups -OCH3 is 1. The van der Waals surface area contributed by atoms with Crippen molar-refractivity contribution in [2.24, 2.45) is 5.92 Å². The lowest BCUT2D eigenvalue weighted by molar-refractivity contribution is -0.177. The van der Waals surface area contributed by atoms with Crippen molar-refractivity contribution in [3.05, 3.63) is 34.6 Å². The van der Waals surface area contributed by atoms with Gasteiger partial charge >= 0.3 is 0 Å². The zero-order valence-corrected chi connectivity index (χ0v) is 21.3. The van der Waals surface area contributed by atoms with Crippen LogP contribution in [-0.2, 0) is 25.6 Å². The molecule has 4 atom stereocenters. The lowest BCUT2D eigenvalue weighted by Crippen LogP contribution is -2.74. The topological polar surface area (TPSA) is 71.1 Å². The van der Waals surface area contributed by atoms with Gasteiger partial charge in [-0.1, -0.05) is 43.4 Å². The van der Waals surface area contributed by atoms with E-state index in [9.17, 15) is 14.0 Å². The first-order valence-electron chi connectivity index (χ1n) is 12.9. The maximum atomic E-state index is 15.6. The van der Waals surface area contributed by atoms with Crippen molar-refractivity contribution in [2.45, 2.75) is 81.5 Å². The minimum absolute atomic E-state index is 0.00548. The summed E-state index contributed by atoms with van der Waals surface area (Å²) in [5.74, 6) is -1.36. The van der Waals surface area contributed by atoms with Crippen molar-refractivity contribution in [3.8, 4) is 0 Å². The van der Waals surface area contributed by atoms with Gasteiger partial charge in [0.25, 0.3) is 0 Å². The number of hydrogen-bond donors (Lipinski definition) is 1. The molecule has 10 heteroatoms. The molecule has 1 aromatic carbocycles. The van der Waals surface area contributed by atoms with Crippen LogP contribution in [0.4, 0.5) is 8.78 Å². The average Bonchev–Trinajstić information content (AvgIpc) is 3.07. The summed E-state index contributed by atoms with van der Waals surface area (Å²) in [6.45, 7) is 0.525. The van der Waals surface area contributed by atoms with Crippen LogP contribution < -0.4 is 5.32 Å². The largest absolute Gasteiger partial charge is 0.380 e. The molecule has 1 N–H and O–H groups in total. The van der Waals surface area contributed by atoms with E-state index in [0.29, 0.717) is 18.8 Å². The molecule has 7 nitrogen and oxygen atoms in total. The number of nitrogens with zero attached hydrogens (tertiary/aromatic N) is 2. The standard InChI is InChI=1S/C26H34ClF2N3O4/c1-35-21-11-20(29)24(30-26(21)8-4-2-3-5-9-26)32-13-22(33)31(23(25(32)34)17-14-36-15-17)12-16-6-7-18(27)19(28)10-16/h6-7,10,17,20-21,23-24,30H,2-5,8-9,11-15H2,1H3/t20?,21?,23-,24?/m0/s1. The zero-order valence-electron chi connectivity index (χ0n) is 20.6. The van der Waals surface area contributed by atoms with Crippen molar-refractivity contribution < 1.29 is 27.8 Å². The number of nitrogens with one attached hydrogen (secondary N) is 1. The van der Waals surface area contributed by atoms with E-state index in [4.69, 9.17) is 21.1 Å². The Labute approximate surface area is 215 Å². The second kappa shape index (κ2) is 10.5. The molecule has 0 radical (unpaired) electrons. The van der Waals surface area contributed by atoms with Gasteiger partial charge in [-0.3, -0.25) is 14.9 Å². The van der Waals surface area contributed by atoms with Crippen molar-refractivity contribution >= 4 is 23.4 Å². The van der Waals surface area contributed by atoms with E-state index < -0.39 is 29.7 Å². The fourth-order valence-electron chi connectivity index (χ4n) is 6.38. The molecule has 36 heavy (non-hydrogen) atoms. The van der Waals surface area contributed by atoms with Gasteiger partial charge in [-0.2, -0.15) is 0 Å². The first-order valence-corrected chi connectivity index (χ1v) is 13.3. The lowest BCUT2D eigenvalue weighted by atomic mass is 9.77. The van der Waals surface area contributed by atoms with Crippen molar-refractivity contribution in [1.29, 1.82) is 0 Å². The number of carbonyl (C=O) groups excluding carboxylic acids is 2. The van der Waals surface area contributed by atoms with Crippen LogP contribution >= 0.6 is 11.6 Å². The number of ether oxygens (including phenoxy) is 2. The Kier molecular flexibility index (Phi) is 7.54. The highest BCUT2D eigenvalue weighted by Gasteiger charge is 2.54. The van der Waals surface area contributed by atoms with Gasteiger partial charge in [0, 0.05) is 31.5 Å². The molecule has 2 amide bonds. The van der Waals surface area contributed by atoms with Gasteiger partial charge in [-0.25, -0.2) is 8.78 Å². The van der Waals surface area contributed by atoms with E-state index in [1.807, 2.05) is 0 Å². The first kappa shape index (κ1) is 25.8. The molecule has 0 aromatic heterocycles. The molecule has 3 heterocycles. The van der Waals surface area contributed by atoms with Crippen molar-refractivity contribution in [2.75, 3.05) is 26.9 Å². The second-order valence-corrected chi connectivity index (χ2v) is 11.0. The molecule has 198 valence electrons. The lowest BCUT2D eigenvalue weighted by Gasteiger charge is -2.54. The summed E-state index contributed by atoms with van der Waals surface area (Å²) in [5.41, 5.74) is 0.116. The van der Waals surface area contributed by atoms with Crippen LogP contribution in [0.15, 0.2) is 18.2 Å². The zero-order chi connectivity index (χ0) is 25.4. The first-order chi connectivity index (χ1) is 17.3. The van der Waals surface area contributed by atoms with Crippen molar-refractivity contribution in [1.82, 2.24) is 15.1 Å². The number of piperidine rings is 1. The van der Waals surface area contributed by atoms with Gasteiger partial charge in [-0.05, 0) is 30.5 Å². The SMILES string of the molecule is COC1CC(F)C(N2CC(=O)N(Cc3ccc(Cl)c(F)c3)[C@@H](C3COC3)C2=O)NC12CCCCCC2. The van der Waals surface area contributed by atoms with Gasteiger partial charge in [0.15, 0.2) is 0 Å². The highest BCUT2D eigenvalue weighted by Crippen LogP contribution is 2.39. The summed E-state index contributed by atoms with van der Waals surface area (Å²) in [4.78, 5) is 30.2. The molecule has 1 aromatic rings. The molecule has 3 saturated heterocycles. The molecular formula is C26H34ClF2N3O4. The van der Waals surface area contributed by atoms with Crippen LogP contribution in [0.1, 0.15) is 50.5 Å². The van der Waals surface area contributed by atoms with Gasteiger partial charge in [0.2, 0.25) is 11.8 Å². The Morgan fingerprint density at radius 2 is 1.92 bits per heavy atom. The third-order valence-electron chi connectivity index (χ3n) is 8.39. The van der Waals surface area contributed by atoms with E-state index in [1.165, 1.54) is 21.9 Å². The number of rotatable bonds is 5. The average molecular weight is 526 g/mol. The fourth-order valence-corrected chi connectivity index (χ4v) is 6.50. The summed E-state index contributed by atoms with van der Waals surface area (Å²) in [5, 5.41) is 3.49. The van der Waals surface area contributed by atoms with Crippen LogP contribution in [0.5, 0.6) is 0 Å². The van der Waals surface area contributed by atoms with E-state index in [2.05, 4.69) is 5.32 Å². The van der Waals surface area contributed by atoms with Gasteiger partial charge < -0.3 is 19.3 Å². The van der Waals surface area contributed by atoms with E-state index >= 15 is 4.39 Å². The summed E-state index contributed by atoms with van der Waals surface area (Å²) < 4.78 is 40.8. The molecule has 0 bridgehead atoms. The van der Waals surface area contributed by atoms with Gasteiger partial charge in [-0.15, -0.1) is 0 Å². The molecule has 4 aliphatic rings. The molecule has 3 unspecified atom stereocenters. The van der Waals surface area contributed by atoms with Gasteiger partial charge in [0.1, 0.15) is 30.7 Å². The highest BCUT2D eigenvalue weighted by atomic mass is 35.5. The highest BCUT2D eigenvalue weighted by molar-refractivity contribution is 6.30. The molecular weight excluding hydrogens is 492 g/mol. The van der Waals surface area contributed by atoms with Crippen LogP contribution in [0, 0.1) is 11.7 Å². The summed E-state index contributed by atoms with van der Waals surface area (Å²) >= 11 is 5.81. The Balaban J connectivity index is 1.41.